The van der Waals surface area contributed by atoms with Crippen LogP contribution in [-0.2, 0) is 6.54 Å². The highest BCUT2D eigenvalue weighted by Gasteiger charge is 2.23. The number of rotatable bonds is 6. The second-order valence-corrected chi connectivity index (χ2v) is 8.01. The Balaban J connectivity index is 1.49. The van der Waals surface area contributed by atoms with Crippen molar-refractivity contribution < 1.29 is 9.59 Å². The number of nitrogens with zero attached hydrogens (tertiary/aromatic N) is 2. The first-order valence-corrected chi connectivity index (χ1v) is 10.4. The molecule has 1 aromatic heterocycles. The Morgan fingerprint density at radius 3 is 2.52 bits per heavy atom. The summed E-state index contributed by atoms with van der Waals surface area (Å²) in [5.74, 6) is 0.251. The molecule has 0 atom stereocenters. The molecule has 1 saturated carbocycles. The van der Waals surface area contributed by atoms with Crippen molar-refractivity contribution in [1.82, 2.24) is 20.2 Å². The lowest BCUT2D eigenvalue weighted by atomic mass is 10.1. The van der Waals surface area contributed by atoms with E-state index in [-0.39, 0.29) is 36.1 Å². The van der Waals surface area contributed by atoms with Gasteiger partial charge in [-0.15, -0.1) is 0 Å². The van der Waals surface area contributed by atoms with Gasteiger partial charge in [0.15, 0.2) is 0 Å². The number of aromatic amines is 1. The lowest BCUT2D eigenvalue weighted by molar-refractivity contribution is 0.0685. The fourth-order valence-corrected chi connectivity index (χ4v) is 3.30. The monoisotopic (exact) mass is 419 g/mol. The number of nitrogens with one attached hydrogen (secondary N) is 3. The highest BCUT2D eigenvalue weighted by molar-refractivity contribution is 5.95. The molecule has 8 heteroatoms. The van der Waals surface area contributed by atoms with Gasteiger partial charge in [0.2, 0.25) is 0 Å². The van der Waals surface area contributed by atoms with E-state index in [0.29, 0.717) is 28.0 Å². The number of fused-ring (bicyclic) bond motifs is 1. The lowest BCUT2D eigenvalue weighted by Crippen LogP contribution is -2.37. The summed E-state index contributed by atoms with van der Waals surface area (Å²) in [4.78, 5) is 46.3. The van der Waals surface area contributed by atoms with Crippen molar-refractivity contribution in [2.75, 3.05) is 5.32 Å². The predicted octanol–water partition coefficient (Wildman–Crippen LogP) is 3.26. The van der Waals surface area contributed by atoms with Gasteiger partial charge in [0.1, 0.15) is 5.82 Å². The number of anilines is 1. The van der Waals surface area contributed by atoms with E-state index in [9.17, 15) is 14.4 Å². The third-order valence-electron chi connectivity index (χ3n) is 5.17. The molecule has 0 spiro atoms. The van der Waals surface area contributed by atoms with Crippen LogP contribution >= 0.6 is 0 Å². The molecule has 0 radical (unpaired) electrons. The van der Waals surface area contributed by atoms with Crippen molar-refractivity contribution in [2.24, 2.45) is 0 Å². The van der Waals surface area contributed by atoms with Crippen LogP contribution in [0.25, 0.3) is 10.9 Å². The first-order chi connectivity index (χ1) is 14.9. The zero-order valence-corrected chi connectivity index (χ0v) is 17.5. The Morgan fingerprint density at radius 2 is 1.84 bits per heavy atom. The largest absolute Gasteiger partial charge is 0.335 e. The fraction of sp³-hybridized carbons (Fsp3) is 0.304. The van der Waals surface area contributed by atoms with Gasteiger partial charge in [0.25, 0.3) is 11.5 Å². The third-order valence-corrected chi connectivity index (χ3v) is 5.17. The molecule has 0 aliphatic heterocycles. The van der Waals surface area contributed by atoms with Crippen LogP contribution in [0.2, 0.25) is 0 Å². The molecule has 1 fully saturated rings. The number of aromatic nitrogens is 2. The number of carbonyl (C=O) groups is 2. The van der Waals surface area contributed by atoms with Crippen molar-refractivity contribution >= 4 is 28.5 Å². The molecule has 0 bridgehead atoms. The van der Waals surface area contributed by atoms with Gasteiger partial charge in [-0.2, -0.15) is 0 Å². The van der Waals surface area contributed by atoms with Crippen LogP contribution in [0.3, 0.4) is 0 Å². The minimum absolute atomic E-state index is 0.105. The van der Waals surface area contributed by atoms with Crippen LogP contribution in [0.15, 0.2) is 53.3 Å². The van der Waals surface area contributed by atoms with Crippen molar-refractivity contribution in [3.8, 4) is 0 Å². The number of H-pyrrole nitrogens is 1. The molecule has 1 heterocycles. The predicted molar refractivity (Wildman–Crippen MR) is 119 cm³/mol. The Labute approximate surface area is 179 Å². The topological polar surface area (TPSA) is 107 Å². The van der Waals surface area contributed by atoms with E-state index in [4.69, 9.17) is 0 Å². The third kappa shape index (κ3) is 4.91. The zero-order chi connectivity index (χ0) is 22.0. The summed E-state index contributed by atoms with van der Waals surface area (Å²) in [6, 6.07) is 13.8. The fourth-order valence-electron chi connectivity index (χ4n) is 3.30. The van der Waals surface area contributed by atoms with Crippen LogP contribution in [-0.4, -0.2) is 38.9 Å². The van der Waals surface area contributed by atoms with E-state index in [1.165, 1.54) is 0 Å². The molecule has 3 aromatic rings. The molecule has 2 aromatic carbocycles. The summed E-state index contributed by atoms with van der Waals surface area (Å²) in [5, 5.41) is 6.14. The Kier molecular flexibility index (Phi) is 5.70. The van der Waals surface area contributed by atoms with Gasteiger partial charge in [-0.1, -0.05) is 12.1 Å². The van der Waals surface area contributed by atoms with Gasteiger partial charge < -0.3 is 20.5 Å². The second-order valence-electron chi connectivity index (χ2n) is 8.01. The van der Waals surface area contributed by atoms with Crippen LogP contribution in [0.1, 0.15) is 42.9 Å². The second kappa shape index (κ2) is 8.59. The smallest absolute Gasteiger partial charge is 0.319 e. The van der Waals surface area contributed by atoms with E-state index in [0.717, 1.165) is 12.8 Å². The van der Waals surface area contributed by atoms with Crippen LogP contribution in [0.5, 0.6) is 0 Å². The molecule has 0 unspecified atom stereocenters. The SMILES string of the molecule is CC(C)N(Cc1nc2ccccc2c(=O)[nH]1)C(=O)c1ccc(NC(=O)NC2CC2)cc1. The van der Waals surface area contributed by atoms with Crippen molar-refractivity contribution in [3.05, 3.63) is 70.3 Å². The summed E-state index contributed by atoms with van der Waals surface area (Å²) in [7, 11) is 0. The summed E-state index contributed by atoms with van der Waals surface area (Å²) < 4.78 is 0. The Bertz CT molecular complexity index is 1170. The maximum atomic E-state index is 13.1. The molecule has 3 N–H and O–H groups in total. The molecule has 1 aliphatic carbocycles. The van der Waals surface area contributed by atoms with Gasteiger partial charge in [-0.05, 0) is 63.1 Å². The lowest BCUT2D eigenvalue weighted by Gasteiger charge is -2.26. The van der Waals surface area contributed by atoms with E-state index in [1.54, 1.807) is 47.4 Å². The molecular weight excluding hydrogens is 394 g/mol. The number of carbonyl (C=O) groups excluding carboxylic acids is 2. The summed E-state index contributed by atoms with van der Waals surface area (Å²) >= 11 is 0. The minimum Gasteiger partial charge on any atom is -0.335 e. The van der Waals surface area contributed by atoms with Crippen molar-refractivity contribution in [3.63, 3.8) is 0 Å². The first-order valence-electron chi connectivity index (χ1n) is 10.4. The first kappa shape index (κ1) is 20.6. The molecule has 4 rings (SSSR count). The van der Waals surface area contributed by atoms with Gasteiger partial charge in [0, 0.05) is 23.3 Å². The van der Waals surface area contributed by atoms with Gasteiger partial charge in [-0.3, -0.25) is 9.59 Å². The number of para-hydroxylation sites is 1. The molecule has 160 valence electrons. The summed E-state index contributed by atoms with van der Waals surface area (Å²) in [6.45, 7) is 4.00. The molecule has 1 aliphatic rings. The maximum absolute atomic E-state index is 13.1. The summed E-state index contributed by atoms with van der Waals surface area (Å²) in [5.41, 5.74) is 1.48. The van der Waals surface area contributed by atoms with E-state index < -0.39 is 0 Å². The molecule has 31 heavy (non-hydrogen) atoms. The average molecular weight is 419 g/mol. The normalized spacial score (nSPS) is 13.3. The maximum Gasteiger partial charge on any atom is 0.319 e. The van der Waals surface area contributed by atoms with Crippen molar-refractivity contribution in [2.45, 2.75) is 45.3 Å². The molecule has 0 saturated heterocycles. The van der Waals surface area contributed by atoms with Crippen LogP contribution in [0, 0.1) is 0 Å². The van der Waals surface area contributed by atoms with E-state index in [2.05, 4.69) is 20.6 Å². The Hall–Kier alpha value is -3.68. The zero-order valence-electron chi connectivity index (χ0n) is 17.5. The van der Waals surface area contributed by atoms with Gasteiger partial charge in [-0.25, -0.2) is 9.78 Å². The quantitative estimate of drug-likeness (QED) is 0.570. The van der Waals surface area contributed by atoms with Crippen LogP contribution < -0.4 is 16.2 Å². The van der Waals surface area contributed by atoms with Gasteiger partial charge >= 0.3 is 6.03 Å². The van der Waals surface area contributed by atoms with Crippen LogP contribution in [0.4, 0.5) is 10.5 Å². The highest BCUT2D eigenvalue weighted by atomic mass is 16.2. The Morgan fingerprint density at radius 1 is 1.13 bits per heavy atom. The van der Waals surface area contributed by atoms with E-state index >= 15 is 0 Å². The number of benzene rings is 2. The molecule has 3 amide bonds. The van der Waals surface area contributed by atoms with Crippen molar-refractivity contribution in [1.29, 1.82) is 0 Å². The van der Waals surface area contributed by atoms with E-state index in [1.807, 2.05) is 19.9 Å². The highest BCUT2D eigenvalue weighted by Crippen LogP contribution is 2.19. The number of hydrogen-bond donors (Lipinski definition) is 3. The van der Waals surface area contributed by atoms with Gasteiger partial charge in [0.05, 0.1) is 17.4 Å². The molecular formula is C23H25N5O3. The number of urea groups is 1. The average Bonchev–Trinajstić information content (AvgIpc) is 3.56. The summed E-state index contributed by atoms with van der Waals surface area (Å²) in [6.07, 6.45) is 2.03. The molecule has 8 nitrogen and oxygen atoms in total. The minimum atomic E-state index is -0.239. The number of amides is 3. The number of hydrogen-bond acceptors (Lipinski definition) is 4. The standard InChI is InChI=1S/C23H25N5O3/c1-14(2)28(13-20-26-19-6-4-3-5-18(19)21(29)27-20)22(30)15-7-9-16(10-8-15)24-23(31)25-17-11-12-17/h3-10,14,17H,11-13H2,1-2H3,(H2,24,25,31)(H,26,27,29).